The zero-order valence-electron chi connectivity index (χ0n) is 17.6. The number of nitrogens with zero attached hydrogens (tertiary/aromatic N) is 2. The van der Waals surface area contributed by atoms with Gasteiger partial charge in [0.1, 0.15) is 0 Å². The highest BCUT2D eigenvalue weighted by atomic mass is 16.6. The molecule has 1 amide bonds. The Hall–Kier alpha value is -4.20. The van der Waals surface area contributed by atoms with Crippen molar-refractivity contribution in [3.63, 3.8) is 0 Å². The van der Waals surface area contributed by atoms with Gasteiger partial charge in [-0.15, -0.1) is 0 Å². The third-order valence-electron chi connectivity index (χ3n) is 4.75. The summed E-state index contributed by atoms with van der Waals surface area (Å²) < 4.78 is 15.5. The number of amides is 1. The second kappa shape index (κ2) is 9.30. The summed E-state index contributed by atoms with van der Waals surface area (Å²) in [5.41, 5.74) is 2.89. The van der Waals surface area contributed by atoms with Crippen molar-refractivity contribution in [1.82, 2.24) is 10.1 Å². The van der Waals surface area contributed by atoms with E-state index in [1.54, 1.807) is 36.4 Å². The van der Waals surface area contributed by atoms with Crippen molar-refractivity contribution in [3.05, 3.63) is 89.7 Å². The summed E-state index contributed by atoms with van der Waals surface area (Å²) in [6.07, 6.45) is 1.42. The van der Waals surface area contributed by atoms with Crippen LogP contribution in [0.1, 0.15) is 52.1 Å². The number of hydrogen-bond acceptors (Lipinski definition) is 7. The molecule has 0 aliphatic heterocycles. The van der Waals surface area contributed by atoms with E-state index >= 15 is 0 Å². The summed E-state index contributed by atoms with van der Waals surface area (Å²) in [6, 6.07) is 17.4. The summed E-state index contributed by atoms with van der Waals surface area (Å²) >= 11 is 0. The molecular formula is C24H21N3O5. The Morgan fingerprint density at radius 3 is 2.44 bits per heavy atom. The molecular weight excluding hydrogens is 410 g/mol. The van der Waals surface area contributed by atoms with Gasteiger partial charge in [0.05, 0.1) is 11.8 Å². The lowest BCUT2D eigenvalue weighted by molar-refractivity contribution is 0.0430. The number of ether oxygens (including phenoxy) is 1. The molecule has 0 saturated heterocycles. The molecule has 162 valence electrons. The maximum atomic E-state index is 12.3. The fourth-order valence-electron chi connectivity index (χ4n) is 2.95. The van der Waals surface area contributed by atoms with Crippen LogP contribution >= 0.6 is 0 Å². The monoisotopic (exact) mass is 431 g/mol. The lowest BCUT2D eigenvalue weighted by Gasteiger charge is -2.05. The van der Waals surface area contributed by atoms with Crippen LogP contribution in [0.15, 0.2) is 75.9 Å². The number of anilines is 1. The number of furan rings is 1. The van der Waals surface area contributed by atoms with Gasteiger partial charge in [0.25, 0.3) is 11.8 Å². The Morgan fingerprint density at radius 1 is 1.03 bits per heavy atom. The van der Waals surface area contributed by atoms with Gasteiger partial charge in [-0.05, 0) is 47.9 Å². The Kier molecular flexibility index (Phi) is 6.12. The first-order chi connectivity index (χ1) is 15.5. The van der Waals surface area contributed by atoms with Gasteiger partial charge in [0, 0.05) is 11.3 Å². The summed E-state index contributed by atoms with van der Waals surface area (Å²) in [6.45, 7) is 4.10. The van der Waals surface area contributed by atoms with Gasteiger partial charge in [-0.3, -0.25) is 4.79 Å². The molecule has 4 aromatic rings. The van der Waals surface area contributed by atoms with E-state index in [9.17, 15) is 9.59 Å². The number of carbonyl (C=O) groups excluding carboxylic acids is 2. The summed E-state index contributed by atoms with van der Waals surface area (Å²) in [4.78, 5) is 28.6. The Morgan fingerprint density at radius 2 is 1.78 bits per heavy atom. The molecule has 0 aliphatic carbocycles. The zero-order valence-corrected chi connectivity index (χ0v) is 17.6. The maximum Gasteiger partial charge on any atom is 0.338 e. The molecule has 2 heterocycles. The van der Waals surface area contributed by atoms with Crippen LogP contribution < -0.4 is 5.32 Å². The largest absolute Gasteiger partial charge is 0.459 e. The second-order valence-electron chi connectivity index (χ2n) is 7.37. The van der Waals surface area contributed by atoms with E-state index in [0.717, 1.165) is 5.56 Å². The highest BCUT2D eigenvalue weighted by Crippen LogP contribution is 2.21. The van der Waals surface area contributed by atoms with Gasteiger partial charge in [0.2, 0.25) is 5.82 Å². The minimum atomic E-state index is -0.546. The van der Waals surface area contributed by atoms with Gasteiger partial charge in [0.15, 0.2) is 12.4 Å². The van der Waals surface area contributed by atoms with E-state index in [4.69, 9.17) is 13.7 Å². The normalized spacial score (nSPS) is 10.8. The van der Waals surface area contributed by atoms with Crippen molar-refractivity contribution < 1.29 is 23.3 Å². The minimum absolute atomic E-state index is 0.146. The maximum absolute atomic E-state index is 12.3. The molecule has 4 rings (SSSR count). The molecule has 8 nitrogen and oxygen atoms in total. The average molecular weight is 431 g/mol. The van der Waals surface area contributed by atoms with Crippen molar-refractivity contribution in [2.45, 2.75) is 26.4 Å². The SMILES string of the molecule is CC(C)c1ccc(-c2noc(COC(=O)c3ccc(NC(=O)c4ccco4)cc3)n2)cc1. The van der Waals surface area contributed by atoms with Gasteiger partial charge >= 0.3 is 5.97 Å². The van der Waals surface area contributed by atoms with Gasteiger partial charge in [-0.2, -0.15) is 4.98 Å². The molecule has 8 heteroatoms. The van der Waals surface area contributed by atoms with Crippen molar-refractivity contribution in [1.29, 1.82) is 0 Å². The number of hydrogen-bond donors (Lipinski definition) is 1. The molecule has 2 aromatic carbocycles. The Balaban J connectivity index is 1.32. The smallest absolute Gasteiger partial charge is 0.338 e. The zero-order chi connectivity index (χ0) is 22.5. The Labute approximate surface area is 184 Å². The van der Waals surface area contributed by atoms with Gasteiger partial charge in [-0.25, -0.2) is 4.79 Å². The fourth-order valence-corrected chi connectivity index (χ4v) is 2.95. The van der Waals surface area contributed by atoms with Crippen molar-refractivity contribution in [2.75, 3.05) is 5.32 Å². The highest BCUT2D eigenvalue weighted by molar-refractivity contribution is 6.02. The highest BCUT2D eigenvalue weighted by Gasteiger charge is 2.14. The van der Waals surface area contributed by atoms with E-state index in [0.29, 0.717) is 23.0 Å². The van der Waals surface area contributed by atoms with Crippen molar-refractivity contribution in [3.8, 4) is 11.4 Å². The van der Waals surface area contributed by atoms with Crippen LogP contribution in [0.4, 0.5) is 5.69 Å². The lowest BCUT2D eigenvalue weighted by Crippen LogP contribution is -2.11. The van der Waals surface area contributed by atoms with E-state index < -0.39 is 5.97 Å². The molecule has 2 aromatic heterocycles. The summed E-state index contributed by atoms with van der Waals surface area (Å²) in [5, 5.41) is 6.62. The predicted molar refractivity (Wildman–Crippen MR) is 116 cm³/mol. The molecule has 0 atom stereocenters. The number of carbonyl (C=O) groups is 2. The predicted octanol–water partition coefficient (Wildman–Crippen LogP) is 5.06. The molecule has 1 N–H and O–H groups in total. The quantitative estimate of drug-likeness (QED) is 0.407. The number of benzene rings is 2. The second-order valence-corrected chi connectivity index (χ2v) is 7.37. The standard InChI is InChI=1S/C24H21N3O5/c1-15(2)16-5-7-17(8-6-16)22-26-21(32-27-22)14-31-24(29)18-9-11-19(12-10-18)25-23(28)20-4-3-13-30-20/h3-13,15H,14H2,1-2H3,(H,25,28). The van der Waals surface area contributed by atoms with Crippen LogP contribution in [0.2, 0.25) is 0 Å². The van der Waals surface area contributed by atoms with Gasteiger partial charge in [-0.1, -0.05) is 43.3 Å². The Bertz CT molecular complexity index is 1190. The fraction of sp³-hybridized carbons (Fsp3) is 0.167. The van der Waals surface area contributed by atoms with Gasteiger partial charge < -0.3 is 19.0 Å². The van der Waals surface area contributed by atoms with E-state index in [2.05, 4.69) is 29.3 Å². The molecule has 0 radical (unpaired) electrons. The van der Waals surface area contributed by atoms with E-state index in [1.165, 1.54) is 11.8 Å². The minimum Gasteiger partial charge on any atom is -0.459 e. The van der Waals surface area contributed by atoms with E-state index in [1.807, 2.05) is 24.3 Å². The van der Waals surface area contributed by atoms with Crippen LogP contribution in [-0.2, 0) is 11.3 Å². The molecule has 0 unspecified atom stereocenters. The summed E-state index contributed by atoms with van der Waals surface area (Å²) in [7, 11) is 0. The molecule has 0 fully saturated rings. The molecule has 32 heavy (non-hydrogen) atoms. The lowest BCUT2D eigenvalue weighted by atomic mass is 10.0. The first-order valence-electron chi connectivity index (χ1n) is 10.0. The third kappa shape index (κ3) is 4.92. The number of rotatable bonds is 7. The summed E-state index contributed by atoms with van der Waals surface area (Å²) in [5.74, 6) is 0.340. The molecule has 0 aliphatic rings. The van der Waals surface area contributed by atoms with Crippen molar-refractivity contribution in [2.24, 2.45) is 0 Å². The van der Waals surface area contributed by atoms with Crippen LogP contribution in [-0.4, -0.2) is 22.0 Å². The number of aromatic nitrogens is 2. The third-order valence-corrected chi connectivity index (χ3v) is 4.75. The van der Waals surface area contributed by atoms with Crippen LogP contribution in [0.5, 0.6) is 0 Å². The first-order valence-corrected chi connectivity index (χ1v) is 10.0. The molecule has 0 bridgehead atoms. The number of esters is 1. The van der Waals surface area contributed by atoms with Crippen LogP contribution in [0, 0.1) is 0 Å². The van der Waals surface area contributed by atoms with Crippen molar-refractivity contribution >= 4 is 17.6 Å². The van der Waals surface area contributed by atoms with Crippen LogP contribution in [0.25, 0.3) is 11.4 Å². The molecule has 0 spiro atoms. The topological polar surface area (TPSA) is 107 Å². The van der Waals surface area contributed by atoms with E-state index in [-0.39, 0.29) is 24.2 Å². The number of nitrogens with one attached hydrogen (secondary N) is 1. The first kappa shape index (κ1) is 21.0. The van der Waals surface area contributed by atoms with Crippen LogP contribution in [0.3, 0.4) is 0 Å². The average Bonchev–Trinajstić information content (AvgIpc) is 3.50. The molecule has 0 saturated carbocycles.